The van der Waals surface area contributed by atoms with Crippen molar-refractivity contribution in [1.82, 2.24) is 24.8 Å². The van der Waals surface area contributed by atoms with Crippen molar-refractivity contribution in [3.05, 3.63) is 24.9 Å². The minimum absolute atomic E-state index is 0.0648. The summed E-state index contributed by atoms with van der Waals surface area (Å²) in [5.74, 6) is 0.819. The lowest BCUT2D eigenvalue weighted by Gasteiger charge is -2.24. The third kappa shape index (κ3) is 1.71. The molecule has 1 fully saturated rings. The normalized spacial score (nSPS) is 20.2. The van der Waals surface area contributed by atoms with E-state index in [9.17, 15) is 4.79 Å². The summed E-state index contributed by atoms with van der Waals surface area (Å²) in [5.41, 5.74) is 0.827. The summed E-state index contributed by atoms with van der Waals surface area (Å²) < 4.78 is 1.90. The highest BCUT2D eigenvalue weighted by Gasteiger charge is 2.25. The van der Waals surface area contributed by atoms with Gasteiger partial charge in [-0.05, 0) is 12.8 Å². The molecular formula is C11H13N5O. The topological polar surface area (TPSA) is 75.6 Å². The Balaban J connectivity index is 1.98. The number of rotatable bonds is 2. The van der Waals surface area contributed by atoms with Gasteiger partial charge in [0.25, 0.3) is 0 Å². The average molecular weight is 231 g/mol. The number of H-pyrrole nitrogens is 1. The Morgan fingerprint density at radius 3 is 3.18 bits per heavy atom. The molecule has 2 aromatic rings. The van der Waals surface area contributed by atoms with E-state index in [-0.39, 0.29) is 11.9 Å². The van der Waals surface area contributed by atoms with Crippen molar-refractivity contribution in [3.63, 3.8) is 0 Å². The zero-order chi connectivity index (χ0) is 11.7. The van der Waals surface area contributed by atoms with Crippen LogP contribution in [0.1, 0.15) is 18.9 Å². The van der Waals surface area contributed by atoms with Gasteiger partial charge < -0.3 is 14.9 Å². The number of amides is 1. The molecule has 0 aliphatic carbocycles. The average Bonchev–Trinajstić information content (AvgIpc) is 3.00. The standard InChI is InChI=1S/C11H13N5O/c17-11-9(2-1-3-14-11)16-5-4-13-10(16)8-6-12-7-15-8/h4-7,9H,1-3H2,(H,12,15)(H,14,17)/t9-/m0/s1. The molecule has 6 nitrogen and oxygen atoms in total. The maximum absolute atomic E-state index is 11.8. The molecule has 1 aliphatic rings. The molecular weight excluding hydrogens is 218 g/mol. The Morgan fingerprint density at radius 1 is 1.47 bits per heavy atom. The highest BCUT2D eigenvalue weighted by atomic mass is 16.2. The van der Waals surface area contributed by atoms with Crippen LogP contribution in [0.15, 0.2) is 24.9 Å². The Bertz CT molecular complexity index is 516. The molecule has 17 heavy (non-hydrogen) atoms. The van der Waals surface area contributed by atoms with E-state index in [4.69, 9.17) is 0 Å². The number of hydrogen-bond acceptors (Lipinski definition) is 3. The lowest BCUT2D eigenvalue weighted by Crippen LogP contribution is -2.37. The van der Waals surface area contributed by atoms with Gasteiger partial charge in [-0.25, -0.2) is 9.97 Å². The number of aromatic amines is 1. The van der Waals surface area contributed by atoms with Crippen LogP contribution in [0.25, 0.3) is 11.5 Å². The summed E-state index contributed by atoms with van der Waals surface area (Å²) in [5, 5.41) is 2.88. The Kier molecular flexibility index (Phi) is 2.40. The number of piperidine rings is 1. The van der Waals surface area contributed by atoms with Crippen molar-refractivity contribution in [2.24, 2.45) is 0 Å². The van der Waals surface area contributed by atoms with Crippen LogP contribution >= 0.6 is 0 Å². The minimum Gasteiger partial charge on any atom is -0.354 e. The molecule has 3 heterocycles. The molecule has 1 aliphatic heterocycles. The van der Waals surface area contributed by atoms with Crippen LogP contribution in [0.4, 0.5) is 0 Å². The lowest BCUT2D eigenvalue weighted by atomic mass is 10.1. The highest BCUT2D eigenvalue weighted by molar-refractivity contribution is 5.81. The summed E-state index contributed by atoms with van der Waals surface area (Å²) in [6, 6.07) is -0.162. The third-order valence-electron chi connectivity index (χ3n) is 3.00. The molecule has 1 amide bonds. The molecule has 0 spiro atoms. The van der Waals surface area contributed by atoms with E-state index in [1.54, 1.807) is 18.7 Å². The fourth-order valence-electron chi connectivity index (χ4n) is 2.17. The van der Waals surface area contributed by atoms with Crippen molar-refractivity contribution in [1.29, 1.82) is 0 Å². The first-order valence-electron chi connectivity index (χ1n) is 5.65. The van der Waals surface area contributed by atoms with Crippen LogP contribution in [0.3, 0.4) is 0 Å². The summed E-state index contributed by atoms with van der Waals surface area (Å²) >= 11 is 0. The molecule has 0 aromatic carbocycles. The monoisotopic (exact) mass is 231 g/mol. The van der Waals surface area contributed by atoms with Gasteiger partial charge in [-0.2, -0.15) is 0 Å². The SMILES string of the molecule is O=C1NCCC[C@@H]1n1ccnc1-c1cnc[nH]1. The van der Waals surface area contributed by atoms with E-state index in [1.807, 2.05) is 10.8 Å². The van der Waals surface area contributed by atoms with Gasteiger partial charge in [-0.15, -0.1) is 0 Å². The maximum Gasteiger partial charge on any atom is 0.243 e. The maximum atomic E-state index is 11.8. The smallest absolute Gasteiger partial charge is 0.243 e. The predicted octanol–water partition coefficient (Wildman–Crippen LogP) is 0.724. The number of hydrogen-bond donors (Lipinski definition) is 2. The van der Waals surface area contributed by atoms with E-state index in [2.05, 4.69) is 20.3 Å². The number of nitrogens with zero attached hydrogens (tertiary/aromatic N) is 3. The van der Waals surface area contributed by atoms with E-state index in [0.29, 0.717) is 0 Å². The molecule has 2 aromatic heterocycles. The number of imidazole rings is 2. The first-order valence-corrected chi connectivity index (χ1v) is 5.65. The molecule has 0 saturated carbocycles. The van der Waals surface area contributed by atoms with Crippen molar-refractivity contribution in [3.8, 4) is 11.5 Å². The van der Waals surface area contributed by atoms with Crippen molar-refractivity contribution < 1.29 is 4.79 Å². The third-order valence-corrected chi connectivity index (χ3v) is 3.00. The van der Waals surface area contributed by atoms with Crippen molar-refractivity contribution >= 4 is 5.91 Å². The fraction of sp³-hybridized carbons (Fsp3) is 0.364. The number of nitrogens with one attached hydrogen (secondary N) is 2. The van der Waals surface area contributed by atoms with Crippen LogP contribution in [-0.4, -0.2) is 32.0 Å². The largest absolute Gasteiger partial charge is 0.354 e. The quantitative estimate of drug-likeness (QED) is 0.799. The number of carbonyl (C=O) groups excluding carboxylic acids is 1. The molecule has 0 unspecified atom stereocenters. The predicted molar refractivity (Wildman–Crippen MR) is 61.1 cm³/mol. The summed E-state index contributed by atoms with van der Waals surface area (Å²) in [6.45, 7) is 0.767. The second-order valence-electron chi connectivity index (χ2n) is 4.07. The molecule has 1 atom stereocenters. The summed E-state index contributed by atoms with van der Waals surface area (Å²) in [6.07, 6.45) is 8.71. The van der Waals surface area contributed by atoms with Crippen molar-refractivity contribution in [2.45, 2.75) is 18.9 Å². The van der Waals surface area contributed by atoms with Gasteiger partial charge in [-0.3, -0.25) is 4.79 Å². The minimum atomic E-state index is -0.162. The van der Waals surface area contributed by atoms with Gasteiger partial charge in [-0.1, -0.05) is 0 Å². The number of carbonyl (C=O) groups is 1. The second-order valence-corrected chi connectivity index (χ2v) is 4.07. The highest BCUT2D eigenvalue weighted by Crippen LogP contribution is 2.23. The van der Waals surface area contributed by atoms with E-state index >= 15 is 0 Å². The van der Waals surface area contributed by atoms with Crippen LogP contribution in [0, 0.1) is 0 Å². The lowest BCUT2D eigenvalue weighted by molar-refractivity contribution is -0.125. The first kappa shape index (κ1) is 10.1. The zero-order valence-electron chi connectivity index (χ0n) is 9.26. The zero-order valence-corrected chi connectivity index (χ0v) is 9.26. The molecule has 3 rings (SSSR count). The molecule has 1 saturated heterocycles. The van der Waals surface area contributed by atoms with E-state index in [1.165, 1.54) is 0 Å². The van der Waals surface area contributed by atoms with Gasteiger partial charge >= 0.3 is 0 Å². The molecule has 2 N–H and O–H groups in total. The van der Waals surface area contributed by atoms with Crippen LogP contribution in [0.5, 0.6) is 0 Å². The molecule has 6 heteroatoms. The van der Waals surface area contributed by atoms with Gasteiger partial charge in [0.2, 0.25) is 5.91 Å². The summed E-state index contributed by atoms with van der Waals surface area (Å²) in [7, 11) is 0. The van der Waals surface area contributed by atoms with Crippen LogP contribution in [-0.2, 0) is 4.79 Å². The molecule has 88 valence electrons. The summed E-state index contributed by atoms with van der Waals surface area (Å²) in [4.78, 5) is 23.1. The van der Waals surface area contributed by atoms with Crippen LogP contribution in [0.2, 0.25) is 0 Å². The Hall–Kier alpha value is -2.11. The Morgan fingerprint density at radius 2 is 2.41 bits per heavy atom. The van der Waals surface area contributed by atoms with E-state index in [0.717, 1.165) is 30.9 Å². The molecule has 0 radical (unpaired) electrons. The number of aromatic nitrogens is 4. The second kappa shape index (κ2) is 4.04. The van der Waals surface area contributed by atoms with Gasteiger partial charge in [0.1, 0.15) is 11.7 Å². The van der Waals surface area contributed by atoms with E-state index < -0.39 is 0 Å². The fourth-order valence-corrected chi connectivity index (χ4v) is 2.17. The van der Waals surface area contributed by atoms with Crippen LogP contribution < -0.4 is 5.32 Å². The Labute approximate surface area is 98.1 Å². The first-order chi connectivity index (χ1) is 8.36. The molecule has 0 bridgehead atoms. The van der Waals surface area contributed by atoms with Gasteiger partial charge in [0, 0.05) is 18.9 Å². The van der Waals surface area contributed by atoms with Crippen molar-refractivity contribution in [2.75, 3.05) is 6.54 Å². The van der Waals surface area contributed by atoms with Gasteiger partial charge in [0.05, 0.1) is 12.5 Å². The van der Waals surface area contributed by atoms with Gasteiger partial charge in [0.15, 0.2) is 5.82 Å².